The second kappa shape index (κ2) is 8.99. The zero-order chi connectivity index (χ0) is 18.4. The van der Waals surface area contributed by atoms with Crippen LogP contribution in [0.1, 0.15) is 49.0 Å². The normalized spacial score (nSPS) is 23.3. The fourth-order valence-corrected chi connectivity index (χ4v) is 3.56. The summed E-state index contributed by atoms with van der Waals surface area (Å²) in [4.78, 5) is 25.9. The van der Waals surface area contributed by atoms with E-state index in [1.165, 1.54) is 12.8 Å². The molecule has 1 aliphatic carbocycles. The first-order valence-corrected chi connectivity index (χ1v) is 9.19. The Bertz CT molecular complexity index is 585. The van der Waals surface area contributed by atoms with Crippen LogP contribution in [0.3, 0.4) is 0 Å². The molecule has 25 heavy (non-hydrogen) atoms. The first-order chi connectivity index (χ1) is 11.9. The summed E-state index contributed by atoms with van der Waals surface area (Å²) in [5.41, 5.74) is 1.73. The van der Waals surface area contributed by atoms with Crippen molar-refractivity contribution in [3.8, 4) is 0 Å². The van der Waals surface area contributed by atoms with Crippen LogP contribution in [0.2, 0.25) is 0 Å². The van der Waals surface area contributed by atoms with Crippen LogP contribution in [0.25, 0.3) is 0 Å². The number of carbonyl (C=O) groups is 2. The van der Waals surface area contributed by atoms with Crippen molar-refractivity contribution in [3.05, 3.63) is 35.4 Å². The zero-order valence-corrected chi connectivity index (χ0v) is 15.8. The van der Waals surface area contributed by atoms with Gasteiger partial charge >= 0.3 is 0 Å². The Balaban J connectivity index is 1.82. The summed E-state index contributed by atoms with van der Waals surface area (Å²) in [5, 5.41) is 5.82. The first kappa shape index (κ1) is 19.4. The number of likely N-dealkylation sites (N-methyl/N-ethyl adjacent to an activating group) is 1. The Labute approximate surface area is 151 Å². The van der Waals surface area contributed by atoms with E-state index in [9.17, 15) is 9.59 Å². The molecule has 2 N–H and O–H groups in total. The molecule has 5 heteroatoms. The van der Waals surface area contributed by atoms with Gasteiger partial charge in [-0.3, -0.25) is 14.5 Å². The largest absolute Gasteiger partial charge is 0.355 e. The van der Waals surface area contributed by atoms with Crippen LogP contribution in [0, 0.1) is 11.8 Å². The van der Waals surface area contributed by atoms with Gasteiger partial charge < -0.3 is 10.6 Å². The predicted octanol–water partition coefficient (Wildman–Crippen LogP) is 2.42. The smallest absolute Gasteiger partial charge is 0.251 e. The van der Waals surface area contributed by atoms with E-state index in [0.29, 0.717) is 36.5 Å². The molecule has 2 amide bonds. The fourth-order valence-electron chi connectivity index (χ4n) is 3.56. The topological polar surface area (TPSA) is 61.4 Å². The van der Waals surface area contributed by atoms with Gasteiger partial charge in [-0.05, 0) is 43.0 Å². The third-order valence-electron chi connectivity index (χ3n) is 5.36. The van der Waals surface area contributed by atoms with Crippen LogP contribution >= 0.6 is 0 Å². The van der Waals surface area contributed by atoms with Crippen molar-refractivity contribution in [2.45, 2.75) is 45.7 Å². The molecular weight excluding hydrogens is 314 g/mol. The van der Waals surface area contributed by atoms with Gasteiger partial charge in [0.15, 0.2) is 0 Å². The van der Waals surface area contributed by atoms with Crippen molar-refractivity contribution in [1.29, 1.82) is 0 Å². The minimum Gasteiger partial charge on any atom is -0.355 e. The molecule has 138 valence electrons. The van der Waals surface area contributed by atoms with Crippen LogP contribution in [-0.2, 0) is 11.3 Å². The molecule has 0 aliphatic heterocycles. The average molecular weight is 345 g/mol. The number of carbonyl (C=O) groups excluding carboxylic acids is 2. The molecule has 1 aliphatic rings. The number of hydrogen-bond donors (Lipinski definition) is 2. The summed E-state index contributed by atoms with van der Waals surface area (Å²) in [6, 6.07) is 7.80. The van der Waals surface area contributed by atoms with Crippen molar-refractivity contribution in [2.75, 3.05) is 20.6 Å². The molecule has 0 bridgehead atoms. The van der Waals surface area contributed by atoms with E-state index in [4.69, 9.17) is 0 Å². The number of benzene rings is 1. The quantitative estimate of drug-likeness (QED) is 0.832. The molecule has 1 fully saturated rings. The van der Waals surface area contributed by atoms with E-state index >= 15 is 0 Å². The van der Waals surface area contributed by atoms with E-state index < -0.39 is 0 Å². The van der Waals surface area contributed by atoms with Gasteiger partial charge in [0.2, 0.25) is 5.91 Å². The van der Waals surface area contributed by atoms with E-state index in [1.54, 1.807) is 7.05 Å². The maximum Gasteiger partial charge on any atom is 0.251 e. The van der Waals surface area contributed by atoms with Gasteiger partial charge in [0, 0.05) is 25.2 Å². The predicted molar refractivity (Wildman–Crippen MR) is 100 cm³/mol. The third kappa shape index (κ3) is 5.56. The molecule has 0 aromatic heterocycles. The van der Waals surface area contributed by atoms with E-state index in [0.717, 1.165) is 12.0 Å². The van der Waals surface area contributed by atoms with Crippen LogP contribution < -0.4 is 10.6 Å². The summed E-state index contributed by atoms with van der Waals surface area (Å²) < 4.78 is 0. The minimum absolute atomic E-state index is 0.0879. The number of nitrogens with one attached hydrogen (secondary N) is 2. The lowest BCUT2D eigenvalue weighted by molar-refractivity contribution is -0.123. The Kier molecular flexibility index (Phi) is 7.00. The lowest BCUT2D eigenvalue weighted by Gasteiger charge is -2.35. The Morgan fingerprint density at radius 2 is 1.84 bits per heavy atom. The SMILES string of the molecule is CNC(=O)c1ccc(CN(C)CC(=O)N[C@H]2CCC[C@@H](C)[C@H]2C)cc1. The maximum atomic E-state index is 12.3. The first-order valence-electron chi connectivity index (χ1n) is 9.19. The highest BCUT2D eigenvalue weighted by atomic mass is 16.2. The van der Waals surface area contributed by atoms with Crippen LogP contribution in [-0.4, -0.2) is 43.4 Å². The monoisotopic (exact) mass is 345 g/mol. The second-order valence-electron chi connectivity index (χ2n) is 7.39. The highest BCUT2D eigenvalue weighted by Crippen LogP contribution is 2.29. The molecule has 0 spiro atoms. The highest BCUT2D eigenvalue weighted by Gasteiger charge is 2.28. The highest BCUT2D eigenvalue weighted by molar-refractivity contribution is 5.93. The average Bonchev–Trinajstić information content (AvgIpc) is 2.58. The van der Waals surface area contributed by atoms with Gasteiger partial charge in [-0.15, -0.1) is 0 Å². The molecule has 1 saturated carbocycles. The van der Waals surface area contributed by atoms with Gasteiger partial charge in [0.1, 0.15) is 0 Å². The molecule has 3 atom stereocenters. The molecule has 1 aromatic carbocycles. The van der Waals surface area contributed by atoms with Crippen LogP contribution in [0.4, 0.5) is 0 Å². The summed E-state index contributed by atoms with van der Waals surface area (Å²) in [6.45, 7) is 5.58. The summed E-state index contributed by atoms with van der Waals surface area (Å²) >= 11 is 0. The summed E-state index contributed by atoms with van der Waals surface area (Å²) in [7, 11) is 3.57. The van der Waals surface area contributed by atoms with Crippen molar-refractivity contribution in [3.63, 3.8) is 0 Å². The third-order valence-corrected chi connectivity index (χ3v) is 5.36. The second-order valence-corrected chi connectivity index (χ2v) is 7.39. The zero-order valence-electron chi connectivity index (χ0n) is 15.8. The lowest BCUT2D eigenvalue weighted by atomic mass is 9.78. The van der Waals surface area contributed by atoms with Gasteiger partial charge in [0.05, 0.1) is 6.54 Å². The van der Waals surface area contributed by atoms with Gasteiger partial charge in [-0.25, -0.2) is 0 Å². The number of hydrogen-bond acceptors (Lipinski definition) is 3. The molecule has 2 rings (SSSR count). The summed E-state index contributed by atoms with van der Waals surface area (Å²) in [6.07, 6.45) is 3.55. The van der Waals surface area contributed by atoms with Crippen molar-refractivity contribution in [2.24, 2.45) is 11.8 Å². The molecule has 0 unspecified atom stereocenters. The number of nitrogens with zero attached hydrogens (tertiary/aromatic N) is 1. The van der Waals surface area contributed by atoms with Crippen molar-refractivity contribution < 1.29 is 9.59 Å². The Morgan fingerprint density at radius 3 is 2.48 bits per heavy atom. The standard InChI is InChI=1S/C20H31N3O2/c1-14-6-5-7-18(15(14)2)22-19(24)13-23(4)12-16-8-10-17(11-9-16)20(25)21-3/h8-11,14-15,18H,5-7,12-13H2,1-4H3,(H,21,25)(H,22,24)/t14-,15-,18+/m1/s1. The summed E-state index contributed by atoms with van der Waals surface area (Å²) in [5.74, 6) is 1.22. The van der Waals surface area contributed by atoms with Crippen molar-refractivity contribution in [1.82, 2.24) is 15.5 Å². The van der Waals surface area contributed by atoms with Crippen LogP contribution in [0.5, 0.6) is 0 Å². The van der Waals surface area contributed by atoms with Gasteiger partial charge in [0.25, 0.3) is 5.91 Å². The number of amides is 2. The number of rotatable bonds is 6. The molecule has 5 nitrogen and oxygen atoms in total. The van der Waals surface area contributed by atoms with Gasteiger partial charge in [-0.1, -0.05) is 38.8 Å². The Hall–Kier alpha value is -1.88. The van der Waals surface area contributed by atoms with E-state index in [-0.39, 0.29) is 11.8 Å². The minimum atomic E-state index is -0.0879. The maximum absolute atomic E-state index is 12.3. The van der Waals surface area contributed by atoms with Crippen LogP contribution in [0.15, 0.2) is 24.3 Å². The van der Waals surface area contributed by atoms with Crippen molar-refractivity contribution >= 4 is 11.8 Å². The van der Waals surface area contributed by atoms with Gasteiger partial charge in [-0.2, -0.15) is 0 Å². The van der Waals surface area contributed by atoms with E-state index in [1.807, 2.05) is 36.2 Å². The Morgan fingerprint density at radius 1 is 1.16 bits per heavy atom. The molecule has 1 aromatic rings. The van der Waals surface area contributed by atoms with E-state index in [2.05, 4.69) is 24.5 Å². The molecular formula is C20H31N3O2. The fraction of sp³-hybridized carbons (Fsp3) is 0.600. The lowest BCUT2D eigenvalue weighted by Crippen LogP contribution is -2.46. The molecule has 0 saturated heterocycles. The molecule has 0 heterocycles. The molecule has 0 radical (unpaired) electrons.